The summed E-state index contributed by atoms with van der Waals surface area (Å²) in [4.78, 5) is 35.1. The number of aromatic nitrogens is 2. The summed E-state index contributed by atoms with van der Waals surface area (Å²) in [6, 6.07) is 24.1. The van der Waals surface area contributed by atoms with Gasteiger partial charge in [0.05, 0.1) is 33.6 Å². The number of H-pyrrole nitrogens is 1. The van der Waals surface area contributed by atoms with Crippen LogP contribution in [0.2, 0.25) is 0 Å². The molecule has 0 bridgehead atoms. The third kappa shape index (κ3) is 8.61. The zero-order valence-electron chi connectivity index (χ0n) is 33.6. The number of nitrogens with zero attached hydrogens (tertiary/aromatic N) is 4. The fourth-order valence-electron chi connectivity index (χ4n) is 9.29. The van der Waals surface area contributed by atoms with E-state index in [0.29, 0.717) is 49.2 Å². The van der Waals surface area contributed by atoms with E-state index < -0.39 is 31.4 Å². The molecule has 1 saturated carbocycles. The van der Waals surface area contributed by atoms with Crippen molar-refractivity contribution in [3.05, 3.63) is 124 Å². The first kappa shape index (κ1) is 40.3. The number of rotatable bonds is 13. The predicted octanol–water partition coefficient (Wildman–Crippen LogP) is 8.62. The molecule has 1 amide bonds. The first-order valence-corrected chi connectivity index (χ1v) is 22.5. The summed E-state index contributed by atoms with van der Waals surface area (Å²) in [7, 11) is -4.56. The van der Waals surface area contributed by atoms with Gasteiger partial charge in [0, 0.05) is 55.4 Å². The fraction of sp³-hybridized carbons (Fsp3) is 0.370. The van der Waals surface area contributed by atoms with E-state index in [9.17, 15) is 28.6 Å². The van der Waals surface area contributed by atoms with Crippen molar-refractivity contribution in [2.75, 3.05) is 31.6 Å². The number of fused-ring (bicyclic) bond motifs is 1. The molecule has 3 fully saturated rings. The van der Waals surface area contributed by atoms with Crippen LogP contribution in [0.5, 0.6) is 11.5 Å². The molecule has 314 valence electrons. The predicted molar refractivity (Wildman–Crippen MR) is 230 cm³/mol. The Bertz CT molecular complexity index is 2670. The molecule has 3 aromatic carbocycles. The summed E-state index contributed by atoms with van der Waals surface area (Å²) in [5, 5.41) is 25.5. The molecule has 0 spiro atoms. The first-order chi connectivity index (χ1) is 29.6. The number of benzene rings is 3. The van der Waals surface area contributed by atoms with Gasteiger partial charge in [0.2, 0.25) is 0 Å². The Hall–Kier alpha value is -6.08. The van der Waals surface area contributed by atoms with Crippen LogP contribution >= 0.6 is 0 Å². The molecule has 3 N–H and O–H groups in total. The molecule has 14 nitrogen and oxygen atoms in total. The number of likely N-dealkylation sites (tertiary alicyclic amines) is 1. The minimum Gasteiger partial charge on any atom is -0.455 e. The Kier molecular flexibility index (Phi) is 11.3. The zero-order valence-corrected chi connectivity index (χ0v) is 34.4. The Morgan fingerprint density at radius 3 is 2.66 bits per heavy atom. The molecule has 4 atom stereocenters. The van der Waals surface area contributed by atoms with Crippen molar-refractivity contribution < 1.29 is 27.6 Å². The number of hydrogen-bond acceptors (Lipinski definition) is 11. The lowest BCUT2D eigenvalue weighted by molar-refractivity contribution is -0.384. The molecule has 2 saturated heterocycles. The second-order valence-electron chi connectivity index (χ2n) is 16.5. The number of pyridine rings is 1. The number of anilines is 1. The highest BCUT2D eigenvalue weighted by molar-refractivity contribution is 7.90. The van der Waals surface area contributed by atoms with Crippen molar-refractivity contribution in [2.45, 2.75) is 74.3 Å². The van der Waals surface area contributed by atoms with E-state index in [0.717, 1.165) is 80.5 Å². The fourth-order valence-corrected chi connectivity index (χ4v) is 10.3. The van der Waals surface area contributed by atoms with Crippen molar-refractivity contribution in [2.24, 2.45) is 11.8 Å². The molecule has 61 heavy (non-hydrogen) atoms. The van der Waals surface area contributed by atoms with E-state index in [1.807, 2.05) is 6.07 Å². The molecule has 2 aliphatic carbocycles. The summed E-state index contributed by atoms with van der Waals surface area (Å²) in [5.74, 6) is 0.241. The number of aromatic amines is 1. The standard InChI is InChI=1S/C46H47N7O7S/c47-26-33-23-40(33)37-4-1-2-5-38(37)42-6-3-19-52(42)34-10-7-30(8-11-34)31-9-13-39(44(24-31)60-35-22-32-15-18-48-45(32)50-28-35)46(54)51-61(57,58)36-12-14-41(43(25-36)53(55)56)49-27-29-16-20-59-21-17-29/h1-2,4-5,7,9,12-15,18,22,24-25,28-29,33-34,40,42,49H,3,6,8,10-11,16-17,19-21,23,27H2,(H,48,50)(H,51,54)/t33-,34?,40-,42?/m1/s1. The lowest BCUT2D eigenvalue weighted by Crippen LogP contribution is -2.36. The van der Waals surface area contributed by atoms with Crippen LogP contribution in [0.15, 0.2) is 96.2 Å². The summed E-state index contributed by atoms with van der Waals surface area (Å²) < 4.78 is 41.2. The number of nitriles is 1. The molecule has 9 rings (SSSR count). The van der Waals surface area contributed by atoms with Crippen molar-refractivity contribution in [3.63, 3.8) is 0 Å². The maximum Gasteiger partial charge on any atom is 0.293 e. The van der Waals surface area contributed by atoms with Gasteiger partial charge in [-0.1, -0.05) is 36.4 Å². The summed E-state index contributed by atoms with van der Waals surface area (Å²) in [6.07, 6.45) is 12.9. The largest absolute Gasteiger partial charge is 0.455 e. The topological polar surface area (TPSA) is 193 Å². The van der Waals surface area contributed by atoms with Gasteiger partial charge in [-0.15, -0.1) is 0 Å². The molecule has 5 aromatic rings. The number of ether oxygens (including phenoxy) is 2. The zero-order chi connectivity index (χ0) is 42.1. The second-order valence-corrected chi connectivity index (χ2v) is 18.1. The normalized spacial score (nSPS) is 22.0. The number of sulfonamides is 1. The van der Waals surface area contributed by atoms with Gasteiger partial charge in [-0.25, -0.2) is 18.1 Å². The number of carbonyl (C=O) groups is 1. The highest BCUT2D eigenvalue weighted by Crippen LogP contribution is 2.51. The number of nitrogens with one attached hydrogen (secondary N) is 3. The number of hydrogen-bond donors (Lipinski definition) is 3. The van der Waals surface area contributed by atoms with E-state index in [1.54, 1.807) is 30.5 Å². The van der Waals surface area contributed by atoms with Crippen LogP contribution in [-0.4, -0.2) is 66.5 Å². The lowest BCUT2D eigenvalue weighted by Gasteiger charge is -2.36. The van der Waals surface area contributed by atoms with Crippen LogP contribution in [-0.2, 0) is 14.8 Å². The average molecular weight is 842 g/mol. The van der Waals surface area contributed by atoms with Gasteiger partial charge in [-0.3, -0.25) is 19.8 Å². The highest BCUT2D eigenvalue weighted by atomic mass is 32.2. The Morgan fingerprint density at radius 2 is 1.89 bits per heavy atom. The molecule has 4 aliphatic rings. The molecule has 2 aliphatic heterocycles. The quantitative estimate of drug-likeness (QED) is 0.0759. The number of nitro benzene ring substituents is 1. The van der Waals surface area contributed by atoms with E-state index in [1.165, 1.54) is 29.5 Å². The third-order valence-corrected chi connectivity index (χ3v) is 14.0. The molecular weight excluding hydrogens is 795 g/mol. The van der Waals surface area contributed by atoms with Crippen LogP contribution in [0.4, 0.5) is 11.4 Å². The van der Waals surface area contributed by atoms with Crippen LogP contribution in [0.1, 0.15) is 90.4 Å². The van der Waals surface area contributed by atoms with Gasteiger partial charge in [0.25, 0.3) is 21.6 Å². The number of nitro groups is 1. The number of amides is 1. The van der Waals surface area contributed by atoms with E-state index in [-0.39, 0.29) is 28.8 Å². The van der Waals surface area contributed by atoms with Crippen molar-refractivity contribution >= 4 is 43.9 Å². The molecule has 2 aromatic heterocycles. The Balaban J connectivity index is 0.951. The lowest BCUT2D eigenvalue weighted by atomic mass is 9.88. The van der Waals surface area contributed by atoms with Crippen LogP contribution in [0.3, 0.4) is 0 Å². The Morgan fingerprint density at radius 1 is 1.05 bits per heavy atom. The Labute approximate surface area is 354 Å². The molecule has 2 unspecified atom stereocenters. The first-order valence-electron chi connectivity index (χ1n) is 21.0. The van der Waals surface area contributed by atoms with Crippen LogP contribution < -0.4 is 14.8 Å². The van der Waals surface area contributed by atoms with Gasteiger partial charge in [-0.05, 0) is 122 Å². The smallest absolute Gasteiger partial charge is 0.293 e. The monoisotopic (exact) mass is 841 g/mol. The van der Waals surface area contributed by atoms with Crippen molar-refractivity contribution in [1.29, 1.82) is 5.26 Å². The third-order valence-electron chi connectivity index (χ3n) is 12.7. The van der Waals surface area contributed by atoms with Crippen LogP contribution in [0, 0.1) is 33.3 Å². The molecule has 4 heterocycles. The van der Waals surface area contributed by atoms with E-state index >= 15 is 0 Å². The van der Waals surface area contributed by atoms with Gasteiger partial charge >= 0.3 is 0 Å². The molecular formula is C46H47N7O7S. The van der Waals surface area contributed by atoms with E-state index in [4.69, 9.17) is 9.47 Å². The van der Waals surface area contributed by atoms with Gasteiger partial charge in [0.15, 0.2) is 0 Å². The maximum absolute atomic E-state index is 13.9. The summed E-state index contributed by atoms with van der Waals surface area (Å²) >= 11 is 0. The molecule has 15 heteroatoms. The molecule has 0 radical (unpaired) electrons. The number of carbonyl (C=O) groups excluding carboxylic acids is 1. The summed E-state index contributed by atoms with van der Waals surface area (Å²) in [5.41, 5.74) is 5.03. The van der Waals surface area contributed by atoms with Gasteiger partial charge < -0.3 is 19.8 Å². The minimum absolute atomic E-state index is 0.0344. The van der Waals surface area contributed by atoms with Gasteiger partial charge in [0.1, 0.15) is 22.8 Å². The number of allylic oxidation sites excluding steroid dienone is 1. The second kappa shape index (κ2) is 17.1. The minimum atomic E-state index is -4.56. The SMILES string of the molecule is N#C[C@H]1C[C@H]1c1ccccc1C1CCCN1C1CC=C(c2ccc(C(=O)NS(=O)(=O)c3ccc(NCC4CCOCC4)c([N+](=O)[O-])c3)c(Oc3cnc4[nH]ccc4c3)c2)CC1. The van der Waals surface area contributed by atoms with E-state index in [2.05, 4.69) is 61.3 Å². The average Bonchev–Trinajstić information content (AvgIpc) is 3.63. The highest BCUT2D eigenvalue weighted by Gasteiger charge is 2.42. The van der Waals surface area contributed by atoms with Crippen molar-refractivity contribution in [3.8, 4) is 17.6 Å². The van der Waals surface area contributed by atoms with Crippen LogP contribution in [0.25, 0.3) is 16.6 Å². The van der Waals surface area contributed by atoms with Crippen molar-refractivity contribution in [1.82, 2.24) is 19.6 Å². The van der Waals surface area contributed by atoms with Gasteiger partial charge in [-0.2, -0.15) is 5.26 Å². The summed E-state index contributed by atoms with van der Waals surface area (Å²) in [6.45, 7) is 2.76. The maximum atomic E-state index is 13.9.